The lowest BCUT2D eigenvalue weighted by molar-refractivity contribution is -0.137. The van der Waals surface area contributed by atoms with Gasteiger partial charge in [-0.3, -0.25) is 4.79 Å². The zero-order chi connectivity index (χ0) is 24.1. The van der Waals surface area contributed by atoms with Crippen molar-refractivity contribution in [3.8, 4) is 5.75 Å². The van der Waals surface area contributed by atoms with Crippen molar-refractivity contribution < 1.29 is 18.7 Å². The van der Waals surface area contributed by atoms with E-state index in [1.54, 1.807) is 19.2 Å². The van der Waals surface area contributed by atoms with Gasteiger partial charge in [0.05, 0.1) is 7.11 Å². The minimum Gasteiger partial charge on any atom is -0.497 e. The summed E-state index contributed by atoms with van der Waals surface area (Å²) in [6.07, 6.45) is 1.28. The number of amides is 3. The molecule has 8 heteroatoms. The highest BCUT2D eigenvalue weighted by Gasteiger charge is 2.42. The molecule has 3 amide bonds. The SMILES string of the molecule is COc1ccc([C@H]2C[C@H](NC(=O)NCc3cccc(F)c3)C[C@@H]2C(=O)N2CCN(C)CC2)cc1. The van der Waals surface area contributed by atoms with E-state index in [-0.39, 0.29) is 42.2 Å². The van der Waals surface area contributed by atoms with Gasteiger partial charge in [-0.1, -0.05) is 24.3 Å². The van der Waals surface area contributed by atoms with Crippen molar-refractivity contribution >= 4 is 11.9 Å². The Morgan fingerprint density at radius 2 is 1.79 bits per heavy atom. The Balaban J connectivity index is 1.43. The van der Waals surface area contributed by atoms with Crippen molar-refractivity contribution in [2.75, 3.05) is 40.3 Å². The lowest BCUT2D eigenvalue weighted by Gasteiger charge is -2.35. The van der Waals surface area contributed by atoms with E-state index in [0.717, 1.165) is 37.5 Å². The largest absolute Gasteiger partial charge is 0.497 e. The second-order valence-electron chi connectivity index (χ2n) is 9.24. The van der Waals surface area contributed by atoms with E-state index in [2.05, 4.69) is 22.6 Å². The van der Waals surface area contributed by atoms with Crippen molar-refractivity contribution in [3.05, 3.63) is 65.5 Å². The minimum atomic E-state index is -0.330. The summed E-state index contributed by atoms with van der Waals surface area (Å²) in [5.41, 5.74) is 1.78. The smallest absolute Gasteiger partial charge is 0.315 e. The molecule has 2 aliphatic rings. The third-order valence-electron chi connectivity index (χ3n) is 6.92. The van der Waals surface area contributed by atoms with Crippen LogP contribution in [0.25, 0.3) is 0 Å². The molecule has 0 radical (unpaired) electrons. The van der Waals surface area contributed by atoms with E-state index in [0.29, 0.717) is 18.4 Å². The number of carbonyl (C=O) groups is 2. The summed E-state index contributed by atoms with van der Waals surface area (Å²) >= 11 is 0. The van der Waals surface area contributed by atoms with Gasteiger partial charge < -0.3 is 25.2 Å². The van der Waals surface area contributed by atoms with Crippen LogP contribution in [-0.2, 0) is 11.3 Å². The molecule has 7 nitrogen and oxygen atoms in total. The lowest BCUT2D eigenvalue weighted by atomic mass is 9.87. The molecule has 0 bridgehead atoms. The highest BCUT2D eigenvalue weighted by atomic mass is 19.1. The van der Waals surface area contributed by atoms with Gasteiger partial charge in [0.1, 0.15) is 11.6 Å². The Labute approximate surface area is 200 Å². The lowest BCUT2D eigenvalue weighted by Crippen LogP contribution is -2.49. The normalized spacial score (nSPS) is 22.9. The summed E-state index contributed by atoms with van der Waals surface area (Å²) < 4.78 is 18.7. The average Bonchev–Trinajstić information content (AvgIpc) is 3.26. The summed E-state index contributed by atoms with van der Waals surface area (Å²) in [4.78, 5) is 30.3. The Bertz CT molecular complexity index is 992. The standard InChI is InChI=1S/C26H33FN4O3/c1-30-10-12-31(13-11-30)25(32)24-16-21(15-23(24)19-6-8-22(34-2)9-7-19)29-26(33)28-17-18-4-3-5-20(27)14-18/h3-9,14,21,23-24H,10-13,15-17H2,1-2H3,(H2,28,29,33)/t21-,23+,24-/m0/s1. The molecule has 34 heavy (non-hydrogen) atoms. The molecule has 1 aliphatic heterocycles. The Morgan fingerprint density at radius 1 is 1.06 bits per heavy atom. The Hall–Kier alpha value is -3.13. The van der Waals surface area contributed by atoms with Crippen LogP contribution in [0.3, 0.4) is 0 Å². The zero-order valence-electron chi connectivity index (χ0n) is 19.8. The van der Waals surface area contributed by atoms with E-state index < -0.39 is 0 Å². The number of urea groups is 1. The second kappa shape index (κ2) is 10.9. The maximum absolute atomic E-state index is 13.5. The number of rotatable bonds is 6. The van der Waals surface area contributed by atoms with Crippen molar-refractivity contribution in [2.24, 2.45) is 5.92 Å². The van der Waals surface area contributed by atoms with Gasteiger partial charge in [-0.05, 0) is 61.2 Å². The molecule has 2 aromatic carbocycles. The van der Waals surface area contributed by atoms with Gasteiger partial charge in [-0.25, -0.2) is 9.18 Å². The number of piperazine rings is 1. The zero-order valence-corrected chi connectivity index (χ0v) is 19.8. The minimum absolute atomic E-state index is 0.0200. The molecule has 182 valence electrons. The van der Waals surface area contributed by atoms with Gasteiger partial charge in [-0.2, -0.15) is 0 Å². The van der Waals surface area contributed by atoms with Crippen molar-refractivity contribution in [1.82, 2.24) is 20.4 Å². The highest BCUT2D eigenvalue weighted by Crippen LogP contribution is 2.41. The summed E-state index contributed by atoms with van der Waals surface area (Å²) in [6, 6.07) is 13.6. The van der Waals surface area contributed by atoms with Crippen LogP contribution in [0.5, 0.6) is 5.75 Å². The Kier molecular flexibility index (Phi) is 7.67. The molecule has 1 heterocycles. The van der Waals surface area contributed by atoms with Gasteiger partial charge in [-0.15, -0.1) is 0 Å². The first-order valence-corrected chi connectivity index (χ1v) is 11.8. The molecule has 2 aromatic rings. The number of hydrogen-bond donors (Lipinski definition) is 2. The summed E-state index contributed by atoms with van der Waals surface area (Å²) in [7, 11) is 3.70. The van der Waals surface area contributed by atoms with E-state index in [1.807, 2.05) is 29.2 Å². The number of nitrogens with one attached hydrogen (secondary N) is 2. The molecular weight excluding hydrogens is 435 g/mol. The topological polar surface area (TPSA) is 73.9 Å². The van der Waals surface area contributed by atoms with E-state index >= 15 is 0 Å². The number of ether oxygens (including phenoxy) is 1. The van der Waals surface area contributed by atoms with Crippen LogP contribution >= 0.6 is 0 Å². The van der Waals surface area contributed by atoms with Crippen LogP contribution < -0.4 is 15.4 Å². The van der Waals surface area contributed by atoms with Crippen LogP contribution in [0.15, 0.2) is 48.5 Å². The Morgan fingerprint density at radius 3 is 2.47 bits per heavy atom. The first kappa shape index (κ1) is 24.0. The summed E-state index contributed by atoms with van der Waals surface area (Å²) in [5, 5.41) is 5.83. The highest BCUT2D eigenvalue weighted by molar-refractivity contribution is 5.81. The van der Waals surface area contributed by atoms with Crippen LogP contribution in [0, 0.1) is 11.7 Å². The fourth-order valence-corrected chi connectivity index (χ4v) is 4.98. The number of halogens is 1. The fraction of sp³-hybridized carbons (Fsp3) is 0.462. The molecule has 2 fully saturated rings. The second-order valence-corrected chi connectivity index (χ2v) is 9.24. The summed E-state index contributed by atoms with van der Waals surface area (Å²) in [6.45, 7) is 3.44. The molecule has 4 rings (SSSR count). The third-order valence-corrected chi connectivity index (χ3v) is 6.92. The number of methoxy groups -OCH3 is 1. The number of likely N-dealkylation sites (N-methyl/N-ethyl adjacent to an activating group) is 1. The van der Waals surface area contributed by atoms with E-state index in [9.17, 15) is 14.0 Å². The number of carbonyl (C=O) groups excluding carboxylic acids is 2. The fourth-order valence-electron chi connectivity index (χ4n) is 4.98. The van der Waals surface area contributed by atoms with Gasteiger partial charge in [0, 0.05) is 44.7 Å². The van der Waals surface area contributed by atoms with E-state index in [4.69, 9.17) is 4.74 Å². The summed E-state index contributed by atoms with van der Waals surface area (Å²) in [5.74, 6) is 0.438. The predicted molar refractivity (Wildman–Crippen MR) is 128 cm³/mol. The first-order valence-electron chi connectivity index (χ1n) is 11.8. The average molecular weight is 469 g/mol. The molecule has 2 N–H and O–H groups in total. The molecule has 0 unspecified atom stereocenters. The van der Waals surface area contributed by atoms with Crippen molar-refractivity contribution in [3.63, 3.8) is 0 Å². The molecule has 1 saturated heterocycles. The predicted octanol–water partition coefficient (Wildman–Crippen LogP) is 2.97. The molecule has 1 aliphatic carbocycles. The first-order chi connectivity index (χ1) is 16.4. The van der Waals surface area contributed by atoms with Gasteiger partial charge in [0.2, 0.25) is 5.91 Å². The quantitative estimate of drug-likeness (QED) is 0.684. The van der Waals surface area contributed by atoms with Crippen LogP contribution in [-0.4, -0.2) is 68.1 Å². The van der Waals surface area contributed by atoms with E-state index in [1.165, 1.54) is 12.1 Å². The van der Waals surface area contributed by atoms with Crippen molar-refractivity contribution in [1.29, 1.82) is 0 Å². The molecule has 3 atom stereocenters. The maximum Gasteiger partial charge on any atom is 0.315 e. The number of nitrogens with zero attached hydrogens (tertiary/aromatic N) is 2. The monoisotopic (exact) mass is 468 g/mol. The third kappa shape index (κ3) is 5.86. The molecule has 1 saturated carbocycles. The van der Waals surface area contributed by atoms with Gasteiger partial charge in [0.25, 0.3) is 0 Å². The maximum atomic E-state index is 13.5. The number of hydrogen-bond acceptors (Lipinski definition) is 4. The molecule has 0 aromatic heterocycles. The molecule has 0 spiro atoms. The van der Waals surface area contributed by atoms with Gasteiger partial charge >= 0.3 is 6.03 Å². The number of benzene rings is 2. The molecular formula is C26H33FN4O3. The van der Waals surface area contributed by atoms with Crippen molar-refractivity contribution in [2.45, 2.75) is 31.3 Å². The van der Waals surface area contributed by atoms with Crippen LogP contribution in [0.1, 0.15) is 29.9 Å². The van der Waals surface area contributed by atoms with Crippen LogP contribution in [0.4, 0.5) is 9.18 Å². The van der Waals surface area contributed by atoms with Crippen LogP contribution in [0.2, 0.25) is 0 Å². The van der Waals surface area contributed by atoms with Gasteiger partial charge in [0.15, 0.2) is 0 Å².